The molecule has 1 aliphatic rings. The topological polar surface area (TPSA) is 12.5 Å². The predicted molar refractivity (Wildman–Crippen MR) is 42.2 cm³/mol. The van der Waals surface area contributed by atoms with E-state index in [4.69, 9.17) is 4.74 Å². The van der Waals surface area contributed by atoms with Gasteiger partial charge in [-0.2, -0.15) is 0 Å². The molecule has 0 spiro atoms. The zero-order valence-corrected chi connectivity index (χ0v) is 7.43. The highest BCUT2D eigenvalue weighted by Crippen LogP contribution is 2.17. The van der Waals surface area contributed by atoms with Crippen LogP contribution in [0.25, 0.3) is 0 Å². The molecule has 2 nitrogen and oxygen atoms in total. The van der Waals surface area contributed by atoms with E-state index in [0.717, 1.165) is 6.54 Å². The summed E-state index contributed by atoms with van der Waals surface area (Å²) in [6.45, 7) is 8.02. The minimum absolute atomic E-state index is 0.0636. The summed E-state index contributed by atoms with van der Waals surface area (Å²) in [6.07, 6.45) is -1.09. The Hall–Kier alpha value is -0.150. The molecule has 0 aromatic rings. The second kappa shape index (κ2) is 3.07. The van der Waals surface area contributed by atoms with Gasteiger partial charge in [-0.3, -0.25) is 4.90 Å². The fourth-order valence-electron chi connectivity index (χ4n) is 1.22. The molecule has 1 fully saturated rings. The highest BCUT2D eigenvalue weighted by Gasteiger charge is 2.27. The zero-order chi connectivity index (χ0) is 8.48. The smallest absolute Gasteiger partial charge is 0.211 e. The minimum Gasteiger partial charge on any atom is -0.346 e. The van der Waals surface area contributed by atoms with Gasteiger partial charge in [0.1, 0.15) is 0 Å². The van der Waals surface area contributed by atoms with E-state index in [9.17, 15) is 4.39 Å². The number of morpholine rings is 1. The van der Waals surface area contributed by atoms with Crippen LogP contribution in [0.15, 0.2) is 0 Å². The molecule has 66 valence electrons. The lowest BCUT2D eigenvalue weighted by atomic mass is 10.1. The van der Waals surface area contributed by atoms with Crippen molar-refractivity contribution in [3.05, 3.63) is 0 Å². The van der Waals surface area contributed by atoms with E-state index < -0.39 is 6.36 Å². The third kappa shape index (κ3) is 2.42. The molecule has 0 amide bonds. The summed E-state index contributed by atoms with van der Waals surface area (Å²) in [7, 11) is 0. The van der Waals surface area contributed by atoms with Crippen LogP contribution in [-0.4, -0.2) is 36.5 Å². The Kier molecular flexibility index (Phi) is 2.50. The predicted octanol–water partition coefficient (Wildman–Crippen LogP) is 1.41. The SMILES string of the molecule is CC(C)(C)N1CCO[C@H](F)C1. The fourth-order valence-corrected chi connectivity index (χ4v) is 1.22. The van der Waals surface area contributed by atoms with Crippen molar-refractivity contribution < 1.29 is 9.13 Å². The van der Waals surface area contributed by atoms with Crippen LogP contribution in [0.3, 0.4) is 0 Å². The lowest BCUT2D eigenvalue weighted by molar-refractivity contribution is -0.117. The van der Waals surface area contributed by atoms with Gasteiger partial charge < -0.3 is 4.74 Å². The van der Waals surface area contributed by atoms with Gasteiger partial charge in [0.05, 0.1) is 13.2 Å². The largest absolute Gasteiger partial charge is 0.346 e. The van der Waals surface area contributed by atoms with E-state index in [1.54, 1.807) is 0 Å². The van der Waals surface area contributed by atoms with Crippen LogP contribution in [0.1, 0.15) is 20.8 Å². The lowest BCUT2D eigenvalue weighted by Crippen LogP contribution is -2.50. The summed E-state index contributed by atoms with van der Waals surface area (Å²) in [5, 5.41) is 0. The first-order valence-corrected chi connectivity index (χ1v) is 4.01. The van der Waals surface area contributed by atoms with E-state index in [1.165, 1.54) is 0 Å². The Balaban J connectivity index is 2.46. The molecule has 1 atom stereocenters. The zero-order valence-electron chi connectivity index (χ0n) is 7.43. The summed E-state index contributed by atoms with van der Waals surface area (Å²) < 4.78 is 17.5. The van der Waals surface area contributed by atoms with Gasteiger partial charge in [0.25, 0.3) is 0 Å². The maximum absolute atomic E-state index is 12.7. The van der Waals surface area contributed by atoms with Gasteiger partial charge in [-0.05, 0) is 20.8 Å². The molecule has 1 heterocycles. The van der Waals surface area contributed by atoms with E-state index >= 15 is 0 Å². The molecular formula is C8H16FNO. The van der Waals surface area contributed by atoms with Crippen LogP contribution >= 0.6 is 0 Å². The molecule has 0 aromatic heterocycles. The number of halogens is 1. The average Bonchev–Trinajstić information content (AvgIpc) is 1.86. The van der Waals surface area contributed by atoms with Crippen LogP contribution in [-0.2, 0) is 4.74 Å². The number of hydrogen-bond donors (Lipinski definition) is 0. The van der Waals surface area contributed by atoms with Gasteiger partial charge in [0.2, 0.25) is 6.36 Å². The average molecular weight is 161 g/mol. The van der Waals surface area contributed by atoms with Gasteiger partial charge in [-0.25, -0.2) is 4.39 Å². The number of nitrogens with zero attached hydrogens (tertiary/aromatic N) is 1. The third-order valence-electron chi connectivity index (χ3n) is 1.97. The number of alkyl halides is 1. The van der Waals surface area contributed by atoms with Crippen molar-refractivity contribution in [1.29, 1.82) is 0 Å². The van der Waals surface area contributed by atoms with E-state index in [2.05, 4.69) is 25.7 Å². The number of hydrogen-bond acceptors (Lipinski definition) is 2. The Labute approximate surface area is 67.3 Å². The fraction of sp³-hybridized carbons (Fsp3) is 1.00. The summed E-state index contributed by atoms with van der Waals surface area (Å²) in [5.74, 6) is 0. The van der Waals surface area contributed by atoms with Crippen LogP contribution in [0, 0.1) is 0 Å². The van der Waals surface area contributed by atoms with Gasteiger partial charge >= 0.3 is 0 Å². The van der Waals surface area contributed by atoms with Crippen molar-refractivity contribution in [1.82, 2.24) is 4.90 Å². The first kappa shape index (κ1) is 8.94. The van der Waals surface area contributed by atoms with Gasteiger partial charge in [-0.1, -0.05) is 0 Å². The van der Waals surface area contributed by atoms with Crippen LogP contribution in [0.4, 0.5) is 4.39 Å². The molecule has 1 aliphatic heterocycles. The van der Waals surface area contributed by atoms with Gasteiger partial charge in [-0.15, -0.1) is 0 Å². The Morgan fingerprint density at radius 3 is 2.45 bits per heavy atom. The molecule has 0 N–H and O–H groups in total. The highest BCUT2D eigenvalue weighted by atomic mass is 19.1. The van der Waals surface area contributed by atoms with Crippen LogP contribution in [0.5, 0.6) is 0 Å². The van der Waals surface area contributed by atoms with E-state index in [1.807, 2.05) is 0 Å². The van der Waals surface area contributed by atoms with Crippen LogP contribution in [0.2, 0.25) is 0 Å². The highest BCUT2D eigenvalue weighted by molar-refractivity contribution is 4.78. The van der Waals surface area contributed by atoms with Crippen molar-refractivity contribution >= 4 is 0 Å². The second-order valence-electron chi connectivity index (χ2n) is 3.90. The summed E-state index contributed by atoms with van der Waals surface area (Å²) in [6, 6.07) is 0. The number of ether oxygens (including phenoxy) is 1. The normalized spacial score (nSPS) is 28.9. The first-order chi connectivity index (χ1) is 5.00. The van der Waals surface area contributed by atoms with Crippen molar-refractivity contribution in [2.24, 2.45) is 0 Å². The molecule has 1 rings (SSSR count). The van der Waals surface area contributed by atoms with Crippen molar-refractivity contribution in [3.63, 3.8) is 0 Å². The minimum atomic E-state index is -1.09. The lowest BCUT2D eigenvalue weighted by Gasteiger charge is -2.39. The van der Waals surface area contributed by atoms with Crippen molar-refractivity contribution in [2.75, 3.05) is 19.7 Å². The van der Waals surface area contributed by atoms with E-state index in [0.29, 0.717) is 13.2 Å². The number of rotatable bonds is 0. The molecule has 11 heavy (non-hydrogen) atoms. The van der Waals surface area contributed by atoms with Crippen LogP contribution < -0.4 is 0 Å². The molecule has 1 saturated heterocycles. The standard InChI is InChI=1S/C8H16FNO/c1-8(2,3)10-4-5-11-7(9)6-10/h7H,4-6H2,1-3H3/t7-/m0/s1. The molecule has 0 radical (unpaired) electrons. The molecule has 0 aromatic carbocycles. The molecule has 0 saturated carbocycles. The summed E-state index contributed by atoms with van der Waals surface area (Å²) in [5.41, 5.74) is 0.0636. The first-order valence-electron chi connectivity index (χ1n) is 4.01. The Morgan fingerprint density at radius 2 is 2.09 bits per heavy atom. The molecule has 0 bridgehead atoms. The van der Waals surface area contributed by atoms with Gasteiger partial charge in [0, 0.05) is 12.1 Å². The van der Waals surface area contributed by atoms with E-state index in [-0.39, 0.29) is 5.54 Å². The Morgan fingerprint density at radius 1 is 1.45 bits per heavy atom. The summed E-state index contributed by atoms with van der Waals surface area (Å²) >= 11 is 0. The molecule has 0 aliphatic carbocycles. The summed E-state index contributed by atoms with van der Waals surface area (Å²) in [4.78, 5) is 2.10. The maximum Gasteiger partial charge on any atom is 0.211 e. The van der Waals surface area contributed by atoms with Gasteiger partial charge in [0.15, 0.2) is 0 Å². The quantitative estimate of drug-likeness (QED) is 0.532. The Bertz CT molecular complexity index is 133. The maximum atomic E-state index is 12.7. The molecular weight excluding hydrogens is 145 g/mol. The third-order valence-corrected chi connectivity index (χ3v) is 1.97. The van der Waals surface area contributed by atoms with Crippen molar-refractivity contribution in [3.8, 4) is 0 Å². The molecule has 0 unspecified atom stereocenters. The second-order valence-corrected chi connectivity index (χ2v) is 3.90. The monoisotopic (exact) mass is 161 g/mol. The van der Waals surface area contributed by atoms with Crippen molar-refractivity contribution in [2.45, 2.75) is 32.7 Å². The molecule has 3 heteroatoms.